The van der Waals surface area contributed by atoms with Crippen molar-refractivity contribution < 1.29 is 23.1 Å². The van der Waals surface area contributed by atoms with Gasteiger partial charge in [0.15, 0.2) is 0 Å². The van der Waals surface area contributed by atoms with Crippen molar-refractivity contribution in [3.05, 3.63) is 71.8 Å². The number of aromatic nitrogens is 1. The van der Waals surface area contributed by atoms with Gasteiger partial charge in [-0.25, -0.2) is 12.4 Å². The molecule has 1 aromatic heterocycles. The summed E-state index contributed by atoms with van der Waals surface area (Å²) in [7, 11) is -2.03. The van der Waals surface area contributed by atoms with Crippen LogP contribution >= 0.6 is 12.6 Å². The maximum absolute atomic E-state index is 13.6. The molecule has 2 heterocycles. The van der Waals surface area contributed by atoms with Crippen LogP contribution in [0.25, 0.3) is 16.5 Å². The molecule has 0 radical (unpaired) electrons. The van der Waals surface area contributed by atoms with Crippen LogP contribution in [0.4, 0.5) is 5.69 Å². The predicted octanol–water partition coefficient (Wildman–Crippen LogP) is 4.18. The normalized spacial score (nSPS) is 14.1. The van der Waals surface area contributed by atoms with E-state index in [0.717, 1.165) is 23.4 Å². The summed E-state index contributed by atoms with van der Waals surface area (Å²) < 4.78 is 34.2. The van der Waals surface area contributed by atoms with Crippen molar-refractivity contribution >= 4 is 50.8 Å². The third kappa shape index (κ3) is 4.26. The molecule has 1 aliphatic rings. The molecule has 33 heavy (non-hydrogen) atoms. The average Bonchev–Trinajstić information content (AvgIpc) is 3.17. The first-order valence-electron chi connectivity index (χ1n) is 10.3. The van der Waals surface area contributed by atoms with Crippen LogP contribution in [-0.2, 0) is 21.2 Å². The third-order valence-corrected chi connectivity index (χ3v) is 7.68. The molecule has 0 spiro atoms. The fourth-order valence-corrected chi connectivity index (χ4v) is 5.60. The van der Waals surface area contributed by atoms with Crippen molar-refractivity contribution in [1.29, 1.82) is 0 Å². The Bertz CT molecular complexity index is 1390. The van der Waals surface area contributed by atoms with Crippen molar-refractivity contribution in [3.63, 3.8) is 0 Å². The molecular weight excluding hydrogens is 460 g/mol. The Balaban J connectivity index is 1.87. The van der Waals surface area contributed by atoms with Gasteiger partial charge in [0, 0.05) is 31.1 Å². The summed E-state index contributed by atoms with van der Waals surface area (Å²) in [6, 6.07) is 10.2. The number of hydrogen-bond donors (Lipinski definition) is 2. The van der Waals surface area contributed by atoms with Crippen LogP contribution in [0.5, 0.6) is 5.75 Å². The van der Waals surface area contributed by atoms with Gasteiger partial charge in [-0.15, -0.1) is 0 Å². The van der Waals surface area contributed by atoms with Gasteiger partial charge in [0.1, 0.15) is 12.4 Å². The molecule has 7 nitrogen and oxygen atoms in total. The molecule has 0 fully saturated rings. The minimum Gasteiger partial charge on any atom is -0.490 e. The highest BCUT2D eigenvalue weighted by Crippen LogP contribution is 2.35. The van der Waals surface area contributed by atoms with E-state index in [1.807, 2.05) is 18.0 Å². The number of allylic oxidation sites excluding steroid dienone is 2. The largest absolute Gasteiger partial charge is 0.490 e. The van der Waals surface area contributed by atoms with Gasteiger partial charge in [0.25, 0.3) is 10.0 Å². The molecule has 0 amide bonds. The van der Waals surface area contributed by atoms with E-state index in [4.69, 9.17) is 9.84 Å². The molecule has 1 N–H and O–H groups in total. The van der Waals surface area contributed by atoms with E-state index in [0.29, 0.717) is 28.8 Å². The van der Waals surface area contributed by atoms with Gasteiger partial charge in [-0.05, 0) is 52.8 Å². The van der Waals surface area contributed by atoms with Crippen molar-refractivity contribution in [2.75, 3.05) is 25.1 Å². The first-order chi connectivity index (χ1) is 15.8. The molecule has 3 aromatic rings. The number of likely N-dealkylation sites (N-methyl/N-ethyl adjacent to an activating group) is 1. The number of anilines is 1. The molecule has 1 aliphatic heterocycles. The van der Waals surface area contributed by atoms with Gasteiger partial charge in [-0.2, -0.15) is 12.6 Å². The molecule has 0 saturated carbocycles. The Morgan fingerprint density at radius 2 is 2.06 bits per heavy atom. The van der Waals surface area contributed by atoms with Crippen LogP contribution in [0.3, 0.4) is 0 Å². The zero-order valence-electron chi connectivity index (χ0n) is 18.1. The SMILES string of the molecule is C=C/C(=C\S)c1ccc2c(c1)c(CCC(=O)O)cn2S(=O)(=O)c1ccc2c(c1)OCCN2C. The van der Waals surface area contributed by atoms with E-state index >= 15 is 0 Å². The van der Waals surface area contributed by atoms with Crippen LogP contribution in [0.1, 0.15) is 17.5 Å². The number of thiol groups is 1. The molecule has 0 saturated heterocycles. The van der Waals surface area contributed by atoms with Gasteiger partial charge < -0.3 is 14.7 Å². The number of carbonyl (C=O) groups is 1. The van der Waals surface area contributed by atoms with Crippen molar-refractivity contribution in [1.82, 2.24) is 3.97 Å². The van der Waals surface area contributed by atoms with E-state index < -0.39 is 16.0 Å². The second kappa shape index (κ2) is 8.99. The molecule has 172 valence electrons. The zero-order chi connectivity index (χ0) is 23.8. The quantitative estimate of drug-likeness (QED) is 0.386. The first-order valence-corrected chi connectivity index (χ1v) is 12.3. The third-order valence-electron chi connectivity index (χ3n) is 5.74. The highest BCUT2D eigenvalue weighted by atomic mass is 32.2. The summed E-state index contributed by atoms with van der Waals surface area (Å²) in [5, 5.41) is 11.5. The molecule has 4 rings (SSSR count). The standard InChI is InChI=1S/C24H24N2O5S2/c1-3-16(15-32)17-4-7-21-20(12-17)18(5-9-24(27)28)14-26(21)33(29,30)19-6-8-22-23(13-19)31-11-10-25(22)2/h3-4,6-8,12-15,32H,1,5,9-11H2,2H3,(H,27,28)/b16-15+. The summed E-state index contributed by atoms with van der Waals surface area (Å²) in [4.78, 5) is 13.3. The number of aryl methyl sites for hydroxylation is 1. The van der Waals surface area contributed by atoms with Crippen LogP contribution in [0.15, 0.2) is 65.6 Å². The summed E-state index contributed by atoms with van der Waals surface area (Å²) in [5.74, 6) is -0.433. The maximum atomic E-state index is 13.6. The summed E-state index contributed by atoms with van der Waals surface area (Å²) in [5.41, 5.74) is 3.52. The maximum Gasteiger partial charge on any atom is 0.303 e. The van der Waals surface area contributed by atoms with Gasteiger partial charge in [0.2, 0.25) is 0 Å². The second-order valence-electron chi connectivity index (χ2n) is 7.77. The van der Waals surface area contributed by atoms with Crippen LogP contribution in [-0.4, -0.2) is 43.7 Å². The molecule has 2 aromatic carbocycles. The Morgan fingerprint density at radius 3 is 2.76 bits per heavy atom. The summed E-state index contributed by atoms with van der Waals surface area (Å²) in [6.07, 6.45) is 3.25. The monoisotopic (exact) mass is 484 g/mol. The molecule has 0 aliphatic carbocycles. The average molecular weight is 485 g/mol. The molecular formula is C24H24N2O5S2. The molecule has 9 heteroatoms. The fourth-order valence-electron chi connectivity index (χ4n) is 3.94. The van der Waals surface area contributed by atoms with Gasteiger partial charge >= 0.3 is 5.97 Å². The number of nitrogens with zero attached hydrogens (tertiary/aromatic N) is 2. The molecule has 0 atom stereocenters. The number of aliphatic carboxylic acids is 1. The minimum atomic E-state index is -3.96. The second-order valence-corrected chi connectivity index (χ2v) is 9.84. The lowest BCUT2D eigenvalue weighted by Crippen LogP contribution is -2.29. The number of rotatable bonds is 7. The Kier molecular flexibility index (Phi) is 6.27. The molecule has 0 bridgehead atoms. The smallest absolute Gasteiger partial charge is 0.303 e. The van der Waals surface area contributed by atoms with E-state index in [9.17, 15) is 13.2 Å². The van der Waals surface area contributed by atoms with Crippen molar-refractivity contribution in [2.45, 2.75) is 17.7 Å². The lowest BCUT2D eigenvalue weighted by molar-refractivity contribution is -0.136. The van der Waals surface area contributed by atoms with Gasteiger partial charge in [-0.1, -0.05) is 18.7 Å². The number of hydrogen-bond acceptors (Lipinski definition) is 6. The van der Waals surface area contributed by atoms with Crippen LogP contribution in [0, 0.1) is 0 Å². The summed E-state index contributed by atoms with van der Waals surface area (Å²) in [6.45, 7) is 4.99. The van der Waals surface area contributed by atoms with Crippen LogP contribution < -0.4 is 9.64 Å². The van der Waals surface area contributed by atoms with Crippen molar-refractivity contribution in [3.8, 4) is 5.75 Å². The number of carboxylic acids is 1. The number of ether oxygens (including phenoxy) is 1. The summed E-state index contributed by atoms with van der Waals surface area (Å²) >= 11 is 4.21. The number of fused-ring (bicyclic) bond motifs is 2. The lowest BCUT2D eigenvalue weighted by atomic mass is 10.0. The van der Waals surface area contributed by atoms with E-state index in [-0.39, 0.29) is 17.7 Å². The fraction of sp³-hybridized carbons (Fsp3) is 0.208. The molecule has 0 unspecified atom stereocenters. The topological polar surface area (TPSA) is 88.8 Å². The predicted molar refractivity (Wildman–Crippen MR) is 133 cm³/mol. The highest BCUT2D eigenvalue weighted by molar-refractivity contribution is 7.90. The Hall–Kier alpha value is -3.17. The van der Waals surface area contributed by atoms with Crippen molar-refractivity contribution in [2.24, 2.45) is 0 Å². The van der Waals surface area contributed by atoms with E-state index in [1.54, 1.807) is 35.7 Å². The Labute approximate surface area is 198 Å². The highest BCUT2D eigenvalue weighted by Gasteiger charge is 2.25. The first kappa shape index (κ1) is 23.0. The Morgan fingerprint density at radius 1 is 1.27 bits per heavy atom. The number of benzene rings is 2. The van der Waals surface area contributed by atoms with E-state index in [1.165, 1.54) is 16.2 Å². The van der Waals surface area contributed by atoms with Crippen LogP contribution in [0.2, 0.25) is 0 Å². The van der Waals surface area contributed by atoms with E-state index in [2.05, 4.69) is 19.2 Å². The zero-order valence-corrected chi connectivity index (χ0v) is 19.8. The lowest BCUT2D eigenvalue weighted by Gasteiger charge is -2.27. The van der Waals surface area contributed by atoms with Gasteiger partial charge in [0.05, 0.1) is 22.6 Å². The number of carboxylic acid groups (broad SMARTS) is 1. The van der Waals surface area contributed by atoms with Gasteiger partial charge in [-0.3, -0.25) is 4.79 Å². The minimum absolute atomic E-state index is 0.101.